The Morgan fingerprint density at radius 1 is 1.27 bits per heavy atom. The first-order chi connectivity index (χ1) is 12.8. The molecule has 1 spiro atoms. The van der Waals surface area contributed by atoms with Gasteiger partial charge in [0.15, 0.2) is 5.82 Å². The van der Waals surface area contributed by atoms with E-state index in [0.29, 0.717) is 12.0 Å². The molecule has 1 N–H and O–H groups in total. The molecule has 3 saturated heterocycles. The number of carbonyl (C=O) groups is 1. The number of ether oxygens (including phenoxy) is 1. The summed E-state index contributed by atoms with van der Waals surface area (Å²) in [5.74, 6) is 1.58. The molecule has 2 amide bonds. The summed E-state index contributed by atoms with van der Waals surface area (Å²) in [7, 11) is 0. The highest BCUT2D eigenvalue weighted by Gasteiger charge is 2.61. The fourth-order valence-corrected chi connectivity index (χ4v) is 5.00. The maximum atomic E-state index is 12.9. The molecular weight excluding hydrogens is 330 g/mol. The lowest BCUT2D eigenvalue weighted by molar-refractivity contribution is -0.147. The number of nitrogens with zero attached hydrogens (tertiary/aromatic N) is 4. The van der Waals surface area contributed by atoms with Crippen LogP contribution in [0.5, 0.6) is 0 Å². The van der Waals surface area contributed by atoms with E-state index in [1.165, 1.54) is 12.8 Å². The molecule has 4 aliphatic rings. The summed E-state index contributed by atoms with van der Waals surface area (Å²) < 4.78 is 6.08. The third kappa shape index (κ3) is 2.82. The van der Waals surface area contributed by atoms with E-state index in [1.807, 2.05) is 12.1 Å². The quantitative estimate of drug-likeness (QED) is 0.893. The van der Waals surface area contributed by atoms with E-state index in [0.717, 1.165) is 57.7 Å². The second-order valence-corrected chi connectivity index (χ2v) is 8.22. The Morgan fingerprint density at radius 3 is 2.77 bits per heavy atom. The Bertz CT molecular complexity index is 651. The number of amides is 2. The second-order valence-electron chi connectivity index (χ2n) is 8.22. The zero-order valence-electron chi connectivity index (χ0n) is 15.1. The van der Waals surface area contributed by atoms with E-state index in [9.17, 15) is 4.79 Å². The first-order valence-electron chi connectivity index (χ1n) is 9.99. The average molecular weight is 357 g/mol. The van der Waals surface area contributed by atoms with Crippen molar-refractivity contribution in [3.63, 3.8) is 0 Å². The number of hydrogen-bond donors (Lipinski definition) is 1. The Kier molecular flexibility index (Phi) is 3.99. The zero-order valence-corrected chi connectivity index (χ0v) is 15.1. The monoisotopic (exact) mass is 357 g/mol. The van der Waals surface area contributed by atoms with Crippen molar-refractivity contribution in [2.75, 3.05) is 31.1 Å². The van der Waals surface area contributed by atoms with Crippen LogP contribution in [0.4, 0.5) is 10.6 Å². The number of likely N-dealkylation sites (tertiary alicyclic amines) is 1. The highest BCUT2D eigenvalue weighted by atomic mass is 16.5. The fraction of sp³-hybridized carbons (Fsp3) is 0.737. The molecule has 7 heteroatoms. The van der Waals surface area contributed by atoms with Gasteiger partial charge < -0.3 is 19.9 Å². The highest BCUT2D eigenvalue weighted by Crippen LogP contribution is 2.51. The molecule has 1 aliphatic carbocycles. The third-order valence-electron chi connectivity index (χ3n) is 6.48. The molecule has 5 rings (SSSR count). The molecule has 1 saturated carbocycles. The number of aromatic nitrogens is 2. The molecule has 140 valence electrons. The first kappa shape index (κ1) is 16.3. The smallest absolute Gasteiger partial charge is 0.318 e. The van der Waals surface area contributed by atoms with Gasteiger partial charge in [-0.3, -0.25) is 0 Å². The molecule has 1 aromatic heterocycles. The van der Waals surface area contributed by atoms with Crippen molar-refractivity contribution in [3.05, 3.63) is 18.3 Å². The number of nitrogens with one attached hydrogen (secondary N) is 1. The second kappa shape index (κ2) is 6.37. The van der Waals surface area contributed by atoms with Gasteiger partial charge in [0, 0.05) is 31.9 Å². The topological polar surface area (TPSA) is 70.6 Å². The Hall–Kier alpha value is -1.89. The van der Waals surface area contributed by atoms with Crippen LogP contribution in [0.25, 0.3) is 0 Å². The summed E-state index contributed by atoms with van der Waals surface area (Å²) in [6, 6.07) is 4.58. The highest BCUT2D eigenvalue weighted by molar-refractivity contribution is 5.76. The van der Waals surface area contributed by atoms with E-state index < -0.39 is 0 Å². The van der Waals surface area contributed by atoms with Gasteiger partial charge in [-0.15, -0.1) is 5.10 Å². The number of piperidine rings is 1. The van der Waals surface area contributed by atoms with Gasteiger partial charge in [0.2, 0.25) is 0 Å². The molecular formula is C19H27N5O2. The van der Waals surface area contributed by atoms with Gasteiger partial charge in [-0.25, -0.2) is 4.79 Å². The van der Waals surface area contributed by atoms with Gasteiger partial charge in [-0.1, -0.05) is 0 Å². The molecule has 2 unspecified atom stereocenters. The lowest BCUT2D eigenvalue weighted by Crippen LogP contribution is -2.73. The average Bonchev–Trinajstić information content (AvgIpc) is 3.34. The van der Waals surface area contributed by atoms with Crippen LogP contribution >= 0.6 is 0 Å². The number of anilines is 1. The van der Waals surface area contributed by atoms with Crippen LogP contribution in [0.3, 0.4) is 0 Å². The number of hydrogen-bond acceptors (Lipinski definition) is 5. The van der Waals surface area contributed by atoms with Crippen molar-refractivity contribution in [1.29, 1.82) is 0 Å². The molecule has 7 nitrogen and oxygen atoms in total. The van der Waals surface area contributed by atoms with Crippen molar-refractivity contribution in [2.24, 2.45) is 5.92 Å². The van der Waals surface area contributed by atoms with Crippen molar-refractivity contribution < 1.29 is 9.53 Å². The lowest BCUT2D eigenvalue weighted by atomic mass is 9.78. The minimum atomic E-state index is -0.0200. The molecule has 0 radical (unpaired) electrons. The Balaban J connectivity index is 1.16. The number of urea groups is 1. The summed E-state index contributed by atoms with van der Waals surface area (Å²) in [5, 5.41) is 11.4. The predicted octanol–water partition coefficient (Wildman–Crippen LogP) is 1.80. The maximum Gasteiger partial charge on any atom is 0.318 e. The summed E-state index contributed by atoms with van der Waals surface area (Å²) >= 11 is 0. The van der Waals surface area contributed by atoms with Crippen LogP contribution in [0.15, 0.2) is 18.3 Å². The molecule has 4 heterocycles. The molecule has 1 aromatic rings. The van der Waals surface area contributed by atoms with Crippen LogP contribution in [0.2, 0.25) is 0 Å². The van der Waals surface area contributed by atoms with Crippen molar-refractivity contribution in [2.45, 2.75) is 56.2 Å². The summed E-state index contributed by atoms with van der Waals surface area (Å²) in [6.45, 7) is 3.45. The van der Waals surface area contributed by atoms with E-state index in [4.69, 9.17) is 4.74 Å². The van der Waals surface area contributed by atoms with E-state index >= 15 is 0 Å². The molecule has 26 heavy (non-hydrogen) atoms. The Morgan fingerprint density at radius 2 is 2.12 bits per heavy atom. The zero-order chi connectivity index (χ0) is 17.6. The third-order valence-corrected chi connectivity index (χ3v) is 6.48. The predicted molar refractivity (Wildman–Crippen MR) is 96.9 cm³/mol. The van der Waals surface area contributed by atoms with Crippen LogP contribution in [-0.2, 0) is 4.74 Å². The molecule has 0 aromatic carbocycles. The minimum absolute atomic E-state index is 0.0200. The van der Waals surface area contributed by atoms with Gasteiger partial charge >= 0.3 is 6.03 Å². The molecule has 3 aliphatic heterocycles. The van der Waals surface area contributed by atoms with Gasteiger partial charge in [0.1, 0.15) is 5.60 Å². The van der Waals surface area contributed by atoms with Gasteiger partial charge in [-0.2, -0.15) is 5.10 Å². The summed E-state index contributed by atoms with van der Waals surface area (Å²) in [6.07, 6.45) is 8.35. The fourth-order valence-electron chi connectivity index (χ4n) is 5.00. The normalized spacial score (nSPS) is 31.9. The van der Waals surface area contributed by atoms with E-state index in [2.05, 4.69) is 25.3 Å². The summed E-state index contributed by atoms with van der Waals surface area (Å²) in [5.41, 5.74) is -0.0200. The summed E-state index contributed by atoms with van der Waals surface area (Å²) in [4.78, 5) is 17.1. The largest absolute Gasteiger partial charge is 0.371 e. The van der Waals surface area contributed by atoms with Crippen LogP contribution in [0.1, 0.15) is 38.5 Å². The van der Waals surface area contributed by atoms with Gasteiger partial charge in [0.25, 0.3) is 0 Å². The van der Waals surface area contributed by atoms with Gasteiger partial charge in [0.05, 0.1) is 12.6 Å². The number of rotatable bonds is 3. The molecule has 4 fully saturated rings. The van der Waals surface area contributed by atoms with Crippen LogP contribution in [0, 0.1) is 5.92 Å². The SMILES string of the molecule is O=C(NC1CCN(c2cccnn2)CC1)N1CC2(CCCO2)C1C1CC1. The standard InChI is InChI=1S/C19H27N5O2/c25-18(24-13-19(8-2-12-26-19)17(24)14-4-5-14)21-15-6-10-23(11-7-15)16-3-1-9-20-22-16/h1,3,9,14-15,17H,2,4-8,10-13H2,(H,21,25). The molecule has 0 bridgehead atoms. The Labute approximate surface area is 154 Å². The van der Waals surface area contributed by atoms with Crippen molar-refractivity contribution >= 4 is 11.8 Å². The number of carbonyl (C=O) groups excluding carboxylic acids is 1. The van der Waals surface area contributed by atoms with Gasteiger partial charge in [-0.05, 0) is 56.6 Å². The van der Waals surface area contributed by atoms with E-state index in [1.54, 1.807) is 6.20 Å². The van der Waals surface area contributed by atoms with E-state index in [-0.39, 0.29) is 17.7 Å². The van der Waals surface area contributed by atoms with Crippen molar-refractivity contribution in [3.8, 4) is 0 Å². The lowest BCUT2D eigenvalue weighted by Gasteiger charge is -2.55. The first-order valence-corrected chi connectivity index (χ1v) is 9.99. The minimum Gasteiger partial charge on any atom is -0.371 e. The van der Waals surface area contributed by atoms with Crippen molar-refractivity contribution in [1.82, 2.24) is 20.4 Å². The molecule has 2 atom stereocenters. The van der Waals surface area contributed by atoms with Crippen LogP contribution < -0.4 is 10.2 Å². The maximum absolute atomic E-state index is 12.9. The van der Waals surface area contributed by atoms with Crippen LogP contribution in [-0.4, -0.2) is 65.1 Å².